The molecule has 0 amide bonds. The Morgan fingerprint density at radius 2 is 1.75 bits per heavy atom. The summed E-state index contributed by atoms with van der Waals surface area (Å²) < 4.78 is 10.9. The maximum absolute atomic E-state index is 10.00. The van der Waals surface area contributed by atoms with E-state index in [4.69, 9.17) is 14.6 Å². The van der Waals surface area contributed by atoms with Gasteiger partial charge < -0.3 is 24.8 Å². The zero-order chi connectivity index (χ0) is 17.6. The van der Waals surface area contributed by atoms with Gasteiger partial charge in [-0.3, -0.25) is 0 Å². The maximum Gasteiger partial charge on any atom is 0.114 e. The summed E-state index contributed by atoms with van der Waals surface area (Å²) >= 11 is 0. The molecular formula is C19H36O5. The lowest BCUT2D eigenvalue weighted by molar-refractivity contribution is -0.0730. The van der Waals surface area contributed by atoms with Crippen LogP contribution >= 0.6 is 0 Å². The van der Waals surface area contributed by atoms with Crippen molar-refractivity contribution in [2.24, 2.45) is 0 Å². The van der Waals surface area contributed by atoms with Crippen molar-refractivity contribution >= 4 is 0 Å². The Kier molecular flexibility index (Phi) is 12.4. The van der Waals surface area contributed by atoms with Crippen LogP contribution in [-0.2, 0) is 9.47 Å². The van der Waals surface area contributed by atoms with Gasteiger partial charge in [-0.15, -0.1) is 0 Å². The zero-order valence-corrected chi connectivity index (χ0v) is 15.1. The lowest BCUT2D eigenvalue weighted by Gasteiger charge is -2.20. The van der Waals surface area contributed by atoms with Gasteiger partial charge in [0.25, 0.3) is 0 Å². The first-order chi connectivity index (χ1) is 11.7. The number of allylic oxidation sites excluding steroid dienone is 2. The average Bonchev–Trinajstić information content (AvgIpc) is 2.96. The summed E-state index contributed by atoms with van der Waals surface area (Å²) in [4.78, 5) is 0. The number of unbranched alkanes of at least 4 members (excludes halogenated alkanes) is 7. The van der Waals surface area contributed by atoms with Crippen molar-refractivity contribution in [1.82, 2.24) is 0 Å². The summed E-state index contributed by atoms with van der Waals surface area (Å²) in [6.07, 6.45) is 12.3. The second-order valence-corrected chi connectivity index (χ2v) is 6.62. The third-order valence-corrected chi connectivity index (χ3v) is 4.47. The van der Waals surface area contributed by atoms with E-state index < -0.39 is 31.0 Å². The molecule has 1 saturated heterocycles. The van der Waals surface area contributed by atoms with Gasteiger partial charge in [-0.25, -0.2) is 0 Å². The van der Waals surface area contributed by atoms with Crippen LogP contribution in [0.5, 0.6) is 0 Å². The molecule has 142 valence electrons. The Balaban J connectivity index is 1.95. The second kappa shape index (κ2) is 13.8. The van der Waals surface area contributed by atoms with E-state index in [0.29, 0.717) is 6.61 Å². The minimum atomic E-state index is -1.05. The highest BCUT2D eigenvalue weighted by Crippen LogP contribution is 2.20. The molecule has 5 heteroatoms. The van der Waals surface area contributed by atoms with Gasteiger partial charge in [0.05, 0.1) is 13.2 Å². The maximum atomic E-state index is 10.00. The predicted molar refractivity (Wildman–Crippen MR) is 94.9 cm³/mol. The molecule has 4 atom stereocenters. The summed E-state index contributed by atoms with van der Waals surface area (Å²) in [5.74, 6) is 0. The monoisotopic (exact) mass is 344 g/mol. The van der Waals surface area contributed by atoms with Gasteiger partial charge in [-0.05, 0) is 32.1 Å². The van der Waals surface area contributed by atoms with Crippen molar-refractivity contribution < 1.29 is 24.8 Å². The average molecular weight is 344 g/mol. The van der Waals surface area contributed by atoms with Gasteiger partial charge in [-0.1, -0.05) is 44.8 Å². The molecule has 0 saturated carbocycles. The van der Waals surface area contributed by atoms with Gasteiger partial charge in [0.1, 0.15) is 24.4 Å². The van der Waals surface area contributed by atoms with Crippen LogP contribution in [0.3, 0.4) is 0 Å². The van der Waals surface area contributed by atoms with E-state index in [1.165, 1.54) is 38.5 Å². The SMILES string of the molecule is CCCCCCC/C=C/CCCCO[C@H]1CO[C@H]([C@H](O)CO)[C@@H]1O. The largest absolute Gasteiger partial charge is 0.394 e. The Morgan fingerprint density at radius 1 is 1.08 bits per heavy atom. The first kappa shape index (κ1) is 21.6. The lowest BCUT2D eigenvalue weighted by atomic mass is 10.1. The van der Waals surface area contributed by atoms with Crippen molar-refractivity contribution in [1.29, 1.82) is 0 Å². The number of ether oxygens (including phenoxy) is 2. The molecule has 1 rings (SSSR count). The van der Waals surface area contributed by atoms with Crippen LogP contribution in [0.15, 0.2) is 12.2 Å². The molecule has 1 aliphatic rings. The fourth-order valence-electron chi connectivity index (χ4n) is 2.90. The van der Waals surface area contributed by atoms with Gasteiger partial charge >= 0.3 is 0 Å². The topological polar surface area (TPSA) is 79.2 Å². The van der Waals surface area contributed by atoms with Crippen LogP contribution < -0.4 is 0 Å². The van der Waals surface area contributed by atoms with Crippen molar-refractivity contribution in [2.75, 3.05) is 19.8 Å². The van der Waals surface area contributed by atoms with Gasteiger partial charge in [0, 0.05) is 6.61 Å². The minimum Gasteiger partial charge on any atom is -0.394 e. The van der Waals surface area contributed by atoms with Gasteiger partial charge in [0.15, 0.2) is 0 Å². The molecule has 24 heavy (non-hydrogen) atoms. The summed E-state index contributed by atoms with van der Waals surface area (Å²) in [6, 6.07) is 0. The molecule has 0 aromatic rings. The Bertz CT molecular complexity index is 321. The van der Waals surface area contributed by atoms with Crippen molar-refractivity contribution in [3.8, 4) is 0 Å². The number of aliphatic hydroxyl groups is 3. The molecule has 1 heterocycles. The summed E-state index contributed by atoms with van der Waals surface area (Å²) in [5.41, 5.74) is 0. The molecule has 0 bridgehead atoms. The van der Waals surface area contributed by atoms with E-state index in [1.54, 1.807) is 0 Å². The number of aliphatic hydroxyl groups excluding tert-OH is 3. The third kappa shape index (κ3) is 8.58. The minimum absolute atomic E-state index is 0.265. The van der Waals surface area contributed by atoms with Crippen LogP contribution in [0.2, 0.25) is 0 Å². The molecule has 3 N–H and O–H groups in total. The van der Waals surface area contributed by atoms with E-state index in [0.717, 1.165) is 19.3 Å². The molecule has 1 aliphatic heterocycles. The highest BCUT2D eigenvalue weighted by molar-refractivity contribution is 4.88. The molecule has 0 unspecified atom stereocenters. The summed E-state index contributed by atoms with van der Waals surface area (Å²) in [6.45, 7) is 2.67. The zero-order valence-electron chi connectivity index (χ0n) is 15.1. The van der Waals surface area contributed by atoms with Crippen LogP contribution in [0.25, 0.3) is 0 Å². The van der Waals surface area contributed by atoms with Crippen molar-refractivity contribution in [2.45, 2.75) is 89.1 Å². The van der Waals surface area contributed by atoms with E-state index in [-0.39, 0.29) is 6.61 Å². The molecular weight excluding hydrogens is 308 g/mol. The van der Waals surface area contributed by atoms with Crippen molar-refractivity contribution in [3.63, 3.8) is 0 Å². The summed E-state index contributed by atoms with van der Waals surface area (Å²) in [7, 11) is 0. The molecule has 0 aromatic carbocycles. The van der Waals surface area contributed by atoms with Gasteiger partial charge in [-0.2, -0.15) is 0 Å². The first-order valence-electron chi connectivity index (χ1n) is 9.55. The Morgan fingerprint density at radius 3 is 2.42 bits per heavy atom. The third-order valence-electron chi connectivity index (χ3n) is 4.47. The first-order valence-corrected chi connectivity index (χ1v) is 9.55. The highest BCUT2D eigenvalue weighted by Gasteiger charge is 2.40. The number of hydrogen-bond donors (Lipinski definition) is 3. The van der Waals surface area contributed by atoms with Crippen LogP contribution in [0.1, 0.15) is 64.7 Å². The fourth-order valence-corrected chi connectivity index (χ4v) is 2.90. The van der Waals surface area contributed by atoms with Crippen LogP contribution in [-0.4, -0.2) is 59.6 Å². The molecule has 0 radical (unpaired) electrons. The molecule has 0 spiro atoms. The van der Waals surface area contributed by atoms with Crippen LogP contribution in [0, 0.1) is 0 Å². The smallest absolute Gasteiger partial charge is 0.114 e. The molecule has 0 aromatic heterocycles. The van der Waals surface area contributed by atoms with E-state index in [9.17, 15) is 10.2 Å². The van der Waals surface area contributed by atoms with E-state index in [1.807, 2.05) is 0 Å². The Labute approximate surface area is 146 Å². The predicted octanol–water partition coefficient (Wildman–Crippen LogP) is 2.57. The van der Waals surface area contributed by atoms with Crippen LogP contribution in [0.4, 0.5) is 0 Å². The normalized spacial score (nSPS) is 25.6. The quantitative estimate of drug-likeness (QED) is 0.333. The molecule has 1 fully saturated rings. The van der Waals surface area contributed by atoms with E-state index >= 15 is 0 Å². The fraction of sp³-hybridized carbons (Fsp3) is 0.895. The Hall–Kier alpha value is -0.460. The number of hydrogen-bond acceptors (Lipinski definition) is 5. The van der Waals surface area contributed by atoms with Crippen molar-refractivity contribution in [3.05, 3.63) is 12.2 Å². The summed E-state index contributed by atoms with van der Waals surface area (Å²) in [5, 5.41) is 28.4. The number of rotatable bonds is 14. The second-order valence-electron chi connectivity index (χ2n) is 6.62. The highest BCUT2D eigenvalue weighted by atomic mass is 16.6. The van der Waals surface area contributed by atoms with E-state index in [2.05, 4.69) is 19.1 Å². The standard InChI is InChI=1S/C19H36O5/c1-2-3-4-5-6-7-8-9-10-11-12-13-23-17-15-24-19(18(17)22)16(21)14-20/h8-9,16-22H,2-7,10-15H2,1H3/b9-8+/t16-,17+,18-,19-/m1/s1. The molecule has 0 aliphatic carbocycles. The van der Waals surface area contributed by atoms with Gasteiger partial charge in [0.2, 0.25) is 0 Å². The molecule has 5 nitrogen and oxygen atoms in total. The lowest BCUT2D eigenvalue weighted by Crippen LogP contribution is -2.41.